The molecular weight excluding hydrogens is 412 g/mol. The number of unbranched alkanes of at least 4 members (excludes halogenated alkanes) is 1. The molecule has 0 bridgehead atoms. The number of fused-ring (bicyclic) bond motifs is 1. The zero-order valence-electron chi connectivity index (χ0n) is 17.0. The first kappa shape index (κ1) is 20.8. The van der Waals surface area contributed by atoms with Crippen LogP contribution in [0.3, 0.4) is 0 Å². The summed E-state index contributed by atoms with van der Waals surface area (Å²) in [6.07, 6.45) is 2.72. The molecule has 2 aromatic carbocycles. The van der Waals surface area contributed by atoms with Crippen LogP contribution < -0.4 is 0 Å². The minimum absolute atomic E-state index is 0.235. The van der Waals surface area contributed by atoms with Gasteiger partial charge in [-0.3, -0.25) is 0 Å². The van der Waals surface area contributed by atoms with Gasteiger partial charge in [-0.05, 0) is 29.2 Å². The van der Waals surface area contributed by atoms with Crippen LogP contribution in [0, 0.1) is 0 Å². The monoisotopic (exact) mass is 434 g/mol. The number of hydrogen-bond donors (Lipinski definition) is 2. The Hall–Kier alpha value is -3.45. The summed E-state index contributed by atoms with van der Waals surface area (Å²) in [5.74, 6) is -1.10. The van der Waals surface area contributed by atoms with Crippen molar-refractivity contribution in [3.63, 3.8) is 0 Å². The molecule has 0 saturated carbocycles. The van der Waals surface area contributed by atoms with E-state index in [0.29, 0.717) is 22.5 Å². The van der Waals surface area contributed by atoms with Gasteiger partial charge < -0.3 is 14.8 Å². The number of benzene rings is 2. The fraction of sp³-hybridized carbons (Fsp3) is 0.208. The van der Waals surface area contributed by atoms with Crippen molar-refractivity contribution in [3.8, 4) is 11.1 Å². The summed E-state index contributed by atoms with van der Waals surface area (Å²) in [4.78, 5) is 29.0. The minimum atomic E-state index is -0.981. The zero-order chi connectivity index (χ0) is 22.0. The summed E-state index contributed by atoms with van der Waals surface area (Å²) >= 11 is 1.34. The molecule has 0 aliphatic rings. The van der Waals surface area contributed by atoms with E-state index in [1.807, 2.05) is 34.9 Å². The number of hydrogen-bond acceptors (Lipinski definition) is 4. The van der Waals surface area contributed by atoms with Crippen LogP contribution in [0.15, 0.2) is 53.9 Å². The molecule has 0 saturated heterocycles. The third kappa shape index (κ3) is 3.96. The number of carboxylic acid groups (broad SMARTS) is 2. The summed E-state index contributed by atoms with van der Waals surface area (Å²) in [6.45, 7) is 2.52. The molecule has 31 heavy (non-hydrogen) atoms. The van der Waals surface area contributed by atoms with Gasteiger partial charge >= 0.3 is 11.9 Å². The van der Waals surface area contributed by atoms with E-state index < -0.39 is 11.9 Å². The van der Waals surface area contributed by atoms with Crippen LogP contribution in [0.25, 0.3) is 21.5 Å². The molecule has 158 valence electrons. The molecule has 0 unspecified atom stereocenters. The lowest BCUT2D eigenvalue weighted by Crippen LogP contribution is -2.09. The van der Waals surface area contributed by atoms with E-state index in [9.17, 15) is 19.8 Å². The van der Waals surface area contributed by atoms with E-state index in [-0.39, 0.29) is 11.1 Å². The molecular formula is C24H22N2O4S. The van der Waals surface area contributed by atoms with Gasteiger partial charge in [0.15, 0.2) is 0 Å². The predicted molar refractivity (Wildman–Crippen MR) is 121 cm³/mol. The Labute approximate surface area is 183 Å². The molecule has 0 aliphatic heterocycles. The number of carboxylic acids is 2. The molecule has 7 heteroatoms. The van der Waals surface area contributed by atoms with Crippen LogP contribution in [0.5, 0.6) is 0 Å². The largest absolute Gasteiger partial charge is 0.478 e. The number of imidazole rings is 1. The van der Waals surface area contributed by atoms with Gasteiger partial charge in [0.25, 0.3) is 0 Å². The quantitative estimate of drug-likeness (QED) is 0.379. The van der Waals surface area contributed by atoms with E-state index in [0.717, 1.165) is 36.2 Å². The van der Waals surface area contributed by atoms with Gasteiger partial charge in [0, 0.05) is 11.8 Å². The van der Waals surface area contributed by atoms with Gasteiger partial charge in [0.05, 0.1) is 23.2 Å². The lowest BCUT2D eigenvalue weighted by Gasteiger charge is -2.15. The Balaban J connectivity index is 1.87. The van der Waals surface area contributed by atoms with Crippen molar-refractivity contribution in [3.05, 3.63) is 76.4 Å². The molecule has 2 N–H and O–H groups in total. The SMILES string of the molecule is CCCCc1nc2scc(C(=O)O)c2n1Cc1ccccc1-c1ccccc1C(=O)O. The maximum Gasteiger partial charge on any atom is 0.338 e. The van der Waals surface area contributed by atoms with Gasteiger partial charge in [-0.15, -0.1) is 11.3 Å². The number of nitrogens with zero attached hydrogens (tertiary/aromatic N) is 2. The molecule has 0 radical (unpaired) electrons. The molecule has 2 aromatic heterocycles. The molecule has 0 atom stereocenters. The Morgan fingerprint density at radius 1 is 0.968 bits per heavy atom. The number of aryl methyl sites for hydroxylation is 1. The number of rotatable bonds is 8. The molecule has 0 fully saturated rings. The Morgan fingerprint density at radius 2 is 1.65 bits per heavy atom. The van der Waals surface area contributed by atoms with E-state index in [1.165, 1.54) is 11.3 Å². The molecule has 2 heterocycles. The van der Waals surface area contributed by atoms with Crippen molar-refractivity contribution < 1.29 is 19.8 Å². The standard InChI is InChI=1S/C24H22N2O4S/c1-2-3-12-20-25-22-21(19(14-31-22)24(29)30)26(20)13-15-8-4-5-9-16(15)17-10-6-7-11-18(17)23(27)28/h4-11,14H,2-3,12-13H2,1H3,(H,27,28)(H,29,30). The smallest absolute Gasteiger partial charge is 0.338 e. The fourth-order valence-electron chi connectivity index (χ4n) is 3.83. The molecule has 0 amide bonds. The van der Waals surface area contributed by atoms with Crippen LogP contribution in [0.2, 0.25) is 0 Å². The topological polar surface area (TPSA) is 92.4 Å². The van der Waals surface area contributed by atoms with Gasteiger partial charge in [0.1, 0.15) is 10.7 Å². The second-order valence-electron chi connectivity index (χ2n) is 7.33. The average molecular weight is 435 g/mol. The number of carbonyl (C=O) groups is 2. The predicted octanol–water partition coefficient (Wildman–Crippen LogP) is 5.55. The second-order valence-corrected chi connectivity index (χ2v) is 8.19. The molecule has 4 aromatic rings. The van der Waals surface area contributed by atoms with Crippen LogP contribution in [0.1, 0.15) is 51.9 Å². The van der Waals surface area contributed by atoms with E-state index >= 15 is 0 Å². The Kier molecular flexibility index (Phi) is 5.86. The number of aromatic carboxylic acids is 2. The first-order chi connectivity index (χ1) is 15.0. The lowest BCUT2D eigenvalue weighted by molar-refractivity contribution is 0.0687. The Morgan fingerprint density at radius 3 is 2.35 bits per heavy atom. The highest BCUT2D eigenvalue weighted by Crippen LogP contribution is 2.32. The zero-order valence-corrected chi connectivity index (χ0v) is 17.9. The highest BCUT2D eigenvalue weighted by atomic mass is 32.1. The average Bonchev–Trinajstić information content (AvgIpc) is 3.32. The molecule has 6 nitrogen and oxygen atoms in total. The van der Waals surface area contributed by atoms with E-state index in [1.54, 1.807) is 23.6 Å². The molecule has 0 spiro atoms. The second kappa shape index (κ2) is 8.73. The molecule has 4 rings (SSSR count). The van der Waals surface area contributed by atoms with E-state index in [4.69, 9.17) is 4.98 Å². The molecule has 0 aliphatic carbocycles. The highest BCUT2D eigenvalue weighted by molar-refractivity contribution is 7.17. The van der Waals surface area contributed by atoms with Gasteiger partial charge in [0.2, 0.25) is 0 Å². The minimum Gasteiger partial charge on any atom is -0.478 e. The van der Waals surface area contributed by atoms with Crippen molar-refractivity contribution in [1.82, 2.24) is 9.55 Å². The van der Waals surface area contributed by atoms with Crippen LogP contribution >= 0.6 is 11.3 Å². The summed E-state index contributed by atoms with van der Waals surface area (Å²) in [7, 11) is 0. The summed E-state index contributed by atoms with van der Waals surface area (Å²) in [5.41, 5.74) is 3.48. The van der Waals surface area contributed by atoms with Crippen molar-refractivity contribution in [2.45, 2.75) is 32.7 Å². The maximum atomic E-state index is 11.8. The first-order valence-corrected chi connectivity index (χ1v) is 11.0. The van der Waals surface area contributed by atoms with Crippen LogP contribution in [0.4, 0.5) is 0 Å². The van der Waals surface area contributed by atoms with Gasteiger partial charge in [-0.1, -0.05) is 55.8 Å². The van der Waals surface area contributed by atoms with E-state index in [2.05, 4.69) is 6.92 Å². The Bertz CT molecular complexity index is 1270. The van der Waals surface area contributed by atoms with Crippen molar-refractivity contribution in [2.75, 3.05) is 0 Å². The summed E-state index contributed by atoms with van der Waals surface area (Å²) < 4.78 is 1.98. The fourth-order valence-corrected chi connectivity index (χ4v) is 4.76. The van der Waals surface area contributed by atoms with Gasteiger partial charge in [-0.2, -0.15) is 0 Å². The number of aromatic nitrogens is 2. The van der Waals surface area contributed by atoms with Crippen molar-refractivity contribution >= 4 is 33.6 Å². The van der Waals surface area contributed by atoms with Gasteiger partial charge in [-0.25, -0.2) is 14.6 Å². The van der Waals surface area contributed by atoms with Crippen molar-refractivity contribution in [1.29, 1.82) is 0 Å². The lowest BCUT2D eigenvalue weighted by atomic mass is 9.95. The van der Waals surface area contributed by atoms with Crippen LogP contribution in [-0.4, -0.2) is 31.7 Å². The normalized spacial score (nSPS) is 11.1. The summed E-state index contributed by atoms with van der Waals surface area (Å²) in [5, 5.41) is 21.0. The maximum absolute atomic E-state index is 11.8. The highest BCUT2D eigenvalue weighted by Gasteiger charge is 2.21. The third-order valence-corrected chi connectivity index (χ3v) is 6.20. The van der Waals surface area contributed by atoms with Crippen LogP contribution in [-0.2, 0) is 13.0 Å². The summed E-state index contributed by atoms with van der Waals surface area (Å²) in [6, 6.07) is 14.6. The first-order valence-electron chi connectivity index (χ1n) is 10.1. The third-order valence-electron chi connectivity index (χ3n) is 5.34. The van der Waals surface area contributed by atoms with Crippen molar-refractivity contribution in [2.24, 2.45) is 0 Å². The number of thiophene rings is 1.